The number of pyridine rings is 1. The Morgan fingerprint density at radius 2 is 2.10 bits per heavy atom. The van der Waals surface area contributed by atoms with Crippen LogP contribution in [0.25, 0.3) is 0 Å². The summed E-state index contributed by atoms with van der Waals surface area (Å²) in [4.78, 5) is 15.6. The molecule has 1 heterocycles. The first-order valence-electron chi connectivity index (χ1n) is 6.64. The van der Waals surface area contributed by atoms with Crippen LogP contribution in [0, 0.1) is 6.92 Å². The molecule has 0 unspecified atom stereocenters. The number of carbonyl (C=O) groups is 1. The van der Waals surface area contributed by atoms with Gasteiger partial charge in [0.05, 0.1) is 18.5 Å². The van der Waals surface area contributed by atoms with Crippen LogP contribution in [0.15, 0.2) is 48.8 Å². The van der Waals surface area contributed by atoms with Gasteiger partial charge in [0.1, 0.15) is 5.75 Å². The Morgan fingerprint density at radius 1 is 1.25 bits per heavy atom. The molecule has 0 bridgehead atoms. The SMILES string of the molecule is Cc1ccccc1OCCCC(=O)Nc1cccnc1. The van der Waals surface area contributed by atoms with Gasteiger partial charge >= 0.3 is 0 Å². The second kappa shape index (κ2) is 7.28. The zero-order chi connectivity index (χ0) is 14.2. The van der Waals surface area contributed by atoms with E-state index in [1.807, 2.05) is 37.3 Å². The summed E-state index contributed by atoms with van der Waals surface area (Å²) < 4.78 is 5.65. The minimum atomic E-state index is -0.0219. The summed E-state index contributed by atoms with van der Waals surface area (Å²) in [6, 6.07) is 11.5. The minimum absolute atomic E-state index is 0.0219. The molecule has 0 radical (unpaired) electrons. The summed E-state index contributed by atoms with van der Waals surface area (Å²) in [7, 11) is 0. The fourth-order valence-electron chi connectivity index (χ4n) is 1.79. The fourth-order valence-corrected chi connectivity index (χ4v) is 1.79. The molecular formula is C16H18N2O2. The molecule has 0 aliphatic carbocycles. The highest BCUT2D eigenvalue weighted by atomic mass is 16.5. The molecule has 2 aromatic rings. The molecule has 0 atom stereocenters. The summed E-state index contributed by atoms with van der Waals surface area (Å²) >= 11 is 0. The maximum atomic E-state index is 11.7. The van der Waals surface area contributed by atoms with Gasteiger partial charge in [0.2, 0.25) is 5.91 Å². The Bertz CT molecular complexity index is 555. The fraction of sp³-hybridized carbons (Fsp3) is 0.250. The Labute approximate surface area is 118 Å². The number of aromatic nitrogens is 1. The van der Waals surface area contributed by atoms with Crippen molar-refractivity contribution in [1.82, 2.24) is 4.98 Å². The van der Waals surface area contributed by atoms with E-state index < -0.39 is 0 Å². The van der Waals surface area contributed by atoms with Crippen molar-refractivity contribution in [3.8, 4) is 5.75 Å². The maximum Gasteiger partial charge on any atom is 0.224 e. The second-order valence-corrected chi connectivity index (χ2v) is 4.51. The summed E-state index contributed by atoms with van der Waals surface area (Å²) in [6.45, 7) is 2.54. The van der Waals surface area contributed by atoms with Gasteiger partial charge in [-0.2, -0.15) is 0 Å². The molecule has 1 aromatic carbocycles. The molecule has 0 saturated heterocycles. The van der Waals surface area contributed by atoms with Crippen molar-refractivity contribution in [3.05, 3.63) is 54.4 Å². The lowest BCUT2D eigenvalue weighted by Crippen LogP contribution is -2.13. The maximum absolute atomic E-state index is 11.7. The highest BCUT2D eigenvalue weighted by molar-refractivity contribution is 5.90. The third-order valence-corrected chi connectivity index (χ3v) is 2.84. The first-order chi connectivity index (χ1) is 9.75. The Balaban J connectivity index is 1.69. The van der Waals surface area contributed by atoms with Crippen molar-refractivity contribution in [2.45, 2.75) is 19.8 Å². The zero-order valence-electron chi connectivity index (χ0n) is 11.5. The molecule has 2 rings (SSSR count). The monoisotopic (exact) mass is 270 g/mol. The van der Waals surface area contributed by atoms with Gasteiger partial charge in [0.15, 0.2) is 0 Å². The molecule has 1 N–H and O–H groups in total. The van der Waals surface area contributed by atoms with E-state index in [4.69, 9.17) is 4.74 Å². The standard InChI is InChI=1S/C16H18N2O2/c1-13-6-2-3-8-15(13)20-11-5-9-16(19)18-14-7-4-10-17-12-14/h2-4,6-8,10,12H,5,9,11H2,1H3,(H,18,19). The van der Waals surface area contributed by atoms with Gasteiger partial charge in [-0.05, 0) is 37.1 Å². The summed E-state index contributed by atoms with van der Waals surface area (Å²) in [6.07, 6.45) is 4.41. The smallest absolute Gasteiger partial charge is 0.224 e. The van der Waals surface area contributed by atoms with Gasteiger partial charge < -0.3 is 10.1 Å². The largest absolute Gasteiger partial charge is 0.493 e. The predicted molar refractivity (Wildman–Crippen MR) is 78.8 cm³/mol. The van der Waals surface area contributed by atoms with E-state index in [0.717, 1.165) is 17.0 Å². The zero-order valence-corrected chi connectivity index (χ0v) is 11.5. The first-order valence-corrected chi connectivity index (χ1v) is 6.64. The quantitative estimate of drug-likeness (QED) is 0.820. The number of nitrogens with one attached hydrogen (secondary N) is 1. The van der Waals surface area contributed by atoms with E-state index in [0.29, 0.717) is 19.4 Å². The molecule has 0 aliphatic rings. The van der Waals surface area contributed by atoms with Crippen molar-refractivity contribution in [3.63, 3.8) is 0 Å². The third-order valence-electron chi connectivity index (χ3n) is 2.84. The minimum Gasteiger partial charge on any atom is -0.493 e. The molecule has 104 valence electrons. The van der Waals surface area contributed by atoms with Gasteiger partial charge in [-0.15, -0.1) is 0 Å². The number of amides is 1. The summed E-state index contributed by atoms with van der Waals surface area (Å²) in [5.41, 5.74) is 1.82. The Morgan fingerprint density at radius 3 is 2.85 bits per heavy atom. The number of ether oxygens (including phenoxy) is 1. The molecule has 4 heteroatoms. The van der Waals surface area contributed by atoms with Crippen molar-refractivity contribution in [2.24, 2.45) is 0 Å². The van der Waals surface area contributed by atoms with Crippen LogP contribution in [0.2, 0.25) is 0 Å². The van der Waals surface area contributed by atoms with E-state index in [-0.39, 0.29) is 5.91 Å². The van der Waals surface area contributed by atoms with Crippen LogP contribution in [0.5, 0.6) is 5.75 Å². The molecule has 0 fully saturated rings. The Kier molecular flexibility index (Phi) is 5.12. The lowest BCUT2D eigenvalue weighted by molar-refractivity contribution is -0.116. The number of nitrogens with zero attached hydrogens (tertiary/aromatic N) is 1. The number of anilines is 1. The van der Waals surface area contributed by atoms with Gasteiger partial charge in [-0.25, -0.2) is 0 Å². The molecular weight excluding hydrogens is 252 g/mol. The average Bonchev–Trinajstić information content (AvgIpc) is 2.46. The van der Waals surface area contributed by atoms with Crippen LogP contribution < -0.4 is 10.1 Å². The molecule has 0 saturated carbocycles. The number of carbonyl (C=O) groups excluding carboxylic acids is 1. The number of aryl methyl sites for hydroxylation is 1. The number of para-hydroxylation sites is 1. The van der Waals surface area contributed by atoms with Crippen LogP contribution >= 0.6 is 0 Å². The van der Waals surface area contributed by atoms with Crippen LogP contribution in [-0.2, 0) is 4.79 Å². The van der Waals surface area contributed by atoms with E-state index in [1.165, 1.54) is 0 Å². The molecule has 0 spiro atoms. The van der Waals surface area contributed by atoms with Crippen molar-refractivity contribution >= 4 is 11.6 Å². The number of hydrogen-bond acceptors (Lipinski definition) is 3. The van der Waals surface area contributed by atoms with Crippen molar-refractivity contribution in [1.29, 1.82) is 0 Å². The second-order valence-electron chi connectivity index (χ2n) is 4.51. The summed E-state index contributed by atoms with van der Waals surface area (Å²) in [5, 5.41) is 2.79. The van der Waals surface area contributed by atoms with Crippen LogP contribution in [-0.4, -0.2) is 17.5 Å². The Hall–Kier alpha value is -2.36. The van der Waals surface area contributed by atoms with Gasteiger partial charge in [0, 0.05) is 12.6 Å². The molecule has 1 aromatic heterocycles. The highest BCUT2D eigenvalue weighted by Gasteiger charge is 2.03. The van der Waals surface area contributed by atoms with Crippen molar-refractivity contribution < 1.29 is 9.53 Å². The van der Waals surface area contributed by atoms with E-state index >= 15 is 0 Å². The van der Waals surface area contributed by atoms with Crippen molar-refractivity contribution in [2.75, 3.05) is 11.9 Å². The molecule has 4 nitrogen and oxygen atoms in total. The van der Waals surface area contributed by atoms with Gasteiger partial charge in [0.25, 0.3) is 0 Å². The summed E-state index contributed by atoms with van der Waals surface area (Å²) in [5.74, 6) is 0.853. The molecule has 1 amide bonds. The molecule has 0 aliphatic heterocycles. The van der Waals surface area contributed by atoms with Crippen LogP contribution in [0.1, 0.15) is 18.4 Å². The van der Waals surface area contributed by atoms with Crippen LogP contribution in [0.4, 0.5) is 5.69 Å². The number of benzene rings is 1. The highest BCUT2D eigenvalue weighted by Crippen LogP contribution is 2.16. The first kappa shape index (κ1) is 14.1. The van der Waals surface area contributed by atoms with E-state index in [9.17, 15) is 4.79 Å². The lowest BCUT2D eigenvalue weighted by Gasteiger charge is -2.08. The van der Waals surface area contributed by atoms with Gasteiger partial charge in [-0.1, -0.05) is 18.2 Å². The third kappa shape index (κ3) is 4.39. The van der Waals surface area contributed by atoms with Crippen LogP contribution in [0.3, 0.4) is 0 Å². The number of rotatable bonds is 6. The van der Waals surface area contributed by atoms with E-state index in [1.54, 1.807) is 18.5 Å². The normalized spacial score (nSPS) is 10.1. The predicted octanol–water partition coefficient (Wildman–Crippen LogP) is 3.19. The average molecular weight is 270 g/mol. The van der Waals surface area contributed by atoms with Gasteiger partial charge in [-0.3, -0.25) is 9.78 Å². The molecule has 20 heavy (non-hydrogen) atoms. The lowest BCUT2D eigenvalue weighted by atomic mass is 10.2. The van der Waals surface area contributed by atoms with E-state index in [2.05, 4.69) is 10.3 Å². The topological polar surface area (TPSA) is 51.2 Å². The number of hydrogen-bond donors (Lipinski definition) is 1.